The number of hydrogen-bond acceptors (Lipinski definition) is 3. The predicted octanol–water partition coefficient (Wildman–Crippen LogP) is 1.96. The van der Waals surface area contributed by atoms with Gasteiger partial charge in [0.2, 0.25) is 11.0 Å². The van der Waals surface area contributed by atoms with E-state index < -0.39 is 0 Å². The highest BCUT2D eigenvalue weighted by Gasteiger charge is 2.30. The third-order valence-electron chi connectivity index (χ3n) is 3.64. The fraction of sp³-hybridized carbons (Fsp3) is 0.833. The first-order valence-electron chi connectivity index (χ1n) is 6.14. The minimum atomic E-state index is -0.211. The van der Waals surface area contributed by atoms with Crippen molar-refractivity contribution in [1.29, 1.82) is 0 Å². The molecule has 0 radical (unpaired) electrons. The summed E-state index contributed by atoms with van der Waals surface area (Å²) in [6.07, 6.45) is 5.07. The molecule has 1 N–H and O–H groups in total. The normalized spacial score (nSPS) is 35.1. The summed E-state index contributed by atoms with van der Waals surface area (Å²) in [5.74, 6) is 1.86. The molecule has 1 unspecified atom stereocenters. The van der Waals surface area contributed by atoms with Crippen LogP contribution in [-0.4, -0.2) is 22.8 Å². The molecule has 0 spiro atoms. The third kappa shape index (κ3) is 2.78. The zero-order valence-electron chi connectivity index (χ0n) is 9.70. The SMILES string of the molecule is CC1CCC(C(=O)NC2CCSC2=O)CC1. The molecule has 2 aliphatic rings. The first-order chi connectivity index (χ1) is 7.66. The zero-order valence-corrected chi connectivity index (χ0v) is 10.5. The summed E-state index contributed by atoms with van der Waals surface area (Å²) in [4.78, 5) is 23.3. The highest BCUT2D eigenvalue weighted by molar-refractivity contribution is 8.14. The van der Waals surface area contributed by atoms with Crippen molar-refractivity contribution in [3.63, 3.8) is 0 Å². The topological polar surface area (TPSA) is 46.2 Å². The fourth-order valence-electron chi connectivity index (χ4n) is 2.44. The van der Waals surface area contributed by atoms with Crippen molar-refractivity contribution >= 4 is 22.8 Å². The predicted molar refractivity (Wildman–Crippen MR) is 65.1 cm³/mol. The molecule has 1 amide bonds. The van der Waals surface area contributed by atoms with Crippen LogP contribution in [0.1, 0.15) is 39.0 Å². The van der Waals surface area contributed by atoms with Gasteiger partial charge >= 0.3 is 0 Å². The fourth-order valence-corrected chi connectivity index (χ4v) is 3.37. The van der Waals surface area contributed by atoms with Gasteiger partial charge in [-0.15, -0.1) is 0 Å². The lowest BCUT2D eigenvalue weighted by Gasteiger charge is -2.26. The maximum atomic E-state index is 11.9. The Morgan fingerprint density at radius 1 is 1.25 bits per heavy atom. The van der Waals surface area contributed by atoms with E-state index in [1.807, 2.05) is 0 Å². The van der Waals surface area contributed by atoms with Crippen molar-refractivity contribution in [2.24, 2.45) is 11.8 Å². The number of thioether (sulfide) groups is 1. The van der Waals surface area contributed by atoms with E-state index in [0.29, 0.717) is 0 Å². The van der Waals surface area contributed by atoms with E-state index in [-0.39, 0.29) is 23.0 Å². The maximum Gasteiger partial charge on any atom is 0.223 e. The molecule has 0 aromatic rings. The highest BCUT2D eigenvalue weighted by Crippen LogP contribution is 2.29. The van der Waals surface area contributed by atoms with Gasteiger partial charge < -0.3 is 5.32 Å². The Morgan fingerprint density at radius 2 is 1.94 bits per heavy atom. The molecule has 1 aliphatic carbocycles. The van der Waals surface area contributed by atoms with Crippen molar-refractivity contribution in [1.82, 2.24) is 5.32 Å². The Labute approximate surface area is 101 Å². The van der Waals surface area contributed by atoms with Gasteiger partial charge in [-0.25, -0.2) is 0 Å². The second-order valence-electron chi connectivity index (χ2n) is 4.97. The van der Waals surface area contributed by atoms with Gasteiger partial charge in [-0.3, -0.25) is 9.59 Å². The smallest absolute Gasteiger partial charge is 0.223 e. The quantitative estimate of drug-likeness (QED) is 0.804. The van der Waals surface area contributed by atoms with Crippen LogP contribution in [0.5, 0.6) is 0 Å². The molecule has 3 nitrogen and oxygen atoms in total. The molecule has 0 aromatic heterocycles. The minimum Gasteiger partial charge on any atom is -0.345 e. The second kappa shape index (κ2) is 5.21. The third-order valence-corrected chi connectivity index (χ3v) is 4.65. The Kier molecular flexibility index (Phi) is 3.90. The van der Waals surface area contributed by atoms with E-state index in [4.69, 9.17) is 0 Å². The molecule has 4 heteroatoms. The minimum absolute atomic E-state index is 0.104. The zero-order chi connectivity index (χ0) is 11.5. The Hall–Kier alpha value is -0.510. The second-order valence-corrected chi connectivity index (χ2v) is 6.07. The van der Waals surface area contributed by atoms with Crippen molar-refractivity contribution in [2.45, 2.75) is 45.1 Å². The van der Waals surface area contributed by atoms with Crippen LogP contribution in [-0.2, 0) is 9.59 Å². The molecule has 16 heavy (non-hydrogen) atoms. The van der Waals surface area contributed by atoms with Crippen molar-refractivity contribution in [3.05, 3.63) is 0 Å². The number of amides is 1. The molecule has 1 saturated carbocycles. The molecular formula is C12H19NO2S. The van der Waals surface area contributed by atoms with Crippen LogP contribution in [0.3, 0.4) is 0 Å². The summed E-state index contributed by atoms with van der Waals surface area (Å²) < 4.78 is 0. The van der Waals surface area contributed by atoms with Crippen molar-refractivity contribution < 1.29 is 9.59 Å². The van der Waals surface area contributed by atoms with E-state index in [2.05, 4.69) is 12.2 Å². The monoisotopic (exact) mass is 241 g/mol. The number of carbonyl (C=O) groups excluding carboxylic acids is 2. The molecule has 2 rings (SSSR count). The van der Waals surface area contributed by atoms with Gasteiger partial charge in [0.15, 0.2) is 0 Å². The maximum absolute atomic E-state index is 11.9. The molecule has 1 saturated heterocycles. The van der Waals surface area contributed by atoms with Crippen LogP contribution in [0.25, 0.3) is 0 Å². The van der Waals surface area contributed by atoms with Crippen molar-refractivity contribution in [2.75, 3.05) is 5.75 Å². The van der Waals surface area contributed by atoms with E-state index in [1.165, 1.54) is 11.8 Å². The molecule has 0 bridgehead atoms. The average Bonchev–Trinajstić information content (AvgIpc) is 2.65. The number of rotatable bonds is 2. The van der Waals surface area contributed by atoms with Gasteiger partial charge in [-0.1, -0.05) is 18.7 Å². The van der Waals surface area contributed by atoms with E-state index >= 15 is 0 Å². The summed E-state index contributed by atoms with van der Waals surface area (Å²) in [6.45, 7) is 2.24. The molecular weight excluding hydrogens is 222 g/mol. The largest absolute Gasteiger partial charge is 0.345 e. The Bertz CT molecular complexity index is 285. The Balaban J connectivity index is 1.81. The van der Waals surface area contributed by atoms with Gasteiger partial charge in [0.25, 0.3) is 0 Å². The van der Waals surface area contributed by atoms with Crippen LogP contribution < -0.4 is 5.32 Å². The lowest BCUT2D eigenvalue weighted by molar-refractivity contribution is -0.128. The van der Waals surface area contributed by atoms with Gasteiger partial charge in [-0.2, -0.15) is 0 Å². The summed E-state index contributed by atoms with van der Waals surface area (Å²) in [5, 5.41) is 3.04. The van der Waals surface area contributed by atoms with Gasteiger partial charge in [-0.05, 0) is 38.0 Å². The first kappa shape index (κ1) is 12.0. The number of hydrogen-bond donors (Lipinski definition) is 1. The van der Waals surface area contributed by atoms with Crippen LogP contribution in [0.15, 0.2) is 0 Å². The lowest BCUT2D eigenvalue weighted by Crippen LogP contribution is -2.41. The average molecular weight is 241 g/mol. The van der Waals surface area contributed by atoms with Gasteiger partial charge in [0, 0.05) is 11.7 Å². The first-order valence-corrected chi connectivity index (χ1v) is 7.12. The summed E-state index contributed by atoms with van der Waals surface area (Å²) >= 11 is 1.34. The highest BCUT2D eigenvalue weighted by atomic mass is 32.2. The molecule has 1 aliphatic heterocycles. The molecule has 2 fully saturated rings. The van der Waals surface area contributed by atoms with Crippen LogP contribution >= 0.6 is 11.8 Å². The summed E-state index contributed by atoms with van der Waals surface area (Å²) in [7, 11) is 0. The van der Waals surface area contributed by atoms with Crippen LogP contribution in [0, 0.1) is 11.8 Å². The van der Waals surface area contributed by atoms with Crippen molar-refractivity contribution in [3.8, 4) is 0 Å². The van der Waals surface area contributed by atoms with Crippen LogP contribution in [0.4, 0.5) is 0 Å². The number of carbonyl (C=O) groups is 2. The molecule has 1 atom stereocenters. The number of nitrogens with one attached hydrogen (secondary N) is 1. The van der Waals surface area contributed by atoms with Gasteiger partial charge in [0.1, 0.15) is 0 Å². The summed E-state index contributed by atoms with van der Waals surface area (Å²) in [5.41, 5.74) is 0. The summed E-state index contributed by atoms with van der Waals surface area (Å²) in [6, 6.07) is -0.211. The molecule has 90 valence electrons. The van der Waals surface area contributed by atoms with E-state index in [9.17, 15) is 9.59 Å². The standard InChI is InChI=1S/C12H19NO2S/c1-8-2-4-9(5-3-8)11(14)13-10-6-7-16-12(10)15/h8-10H,2-7H2,1H3,(H,13,14). The Morgan fingerprint density at radius 3 is 2.50 bits per heavy atom. The molecule has 0 aromatic carbocycles. The van der Waals surface area contributed by atoms with E-state index in [1.54, 1.807) is 0 Å². The van der Waals surface area contributed by atoms with Crippen LogP contribution in [0.2, 0.25) is 0 Å². The van der Waals surface area contributed by atoms with E-state index in [0.717, 1.165) is 43.8 Å². The lowest BCUT2D eigenvalue weighted by atomic mass is 9.82. The van der Waals surface area contributed by atoms with Gasteiger partial charge in [0.05, 0.1) is 6.04 Å². The molecule has 1 heterocycles.